The Kier molecular flexibility index (Phi) is 5.99. The maximum atomic E-state index is 10.6. The van der Waals surface area contributed by atoms with Crippen molar-refractivity contribution < 1.29 is 14.3 Å². The summed E-state index contributed by atoms with van der Waals surface area (Å²) in [5.74, 6) is 1.19. The number of nitrogens with one attached hydrogen (secondary N) is 1. The fraction of sp³-hybridized carbons (Fsp3) is 0.125. The minimum atomic E-state index is -0.721. The van der Waals surface area contributed by atoms with Crippen LogP contribution in [0, 0.1) is 0 Å². The largest absolute Gasteiger partial charge is 0.493 e. The minimum absolute atomic E-state index is 0.407. The van der Waals surface area contributed by atoms with Gasteiger partial charge >= 0.3 is 6.03 Å². The number of primary amides is 1. The third-order valence-corrected chi connectivity index (χ3v) is 3.41. The molecule has 0 bridgehead atoms. The van der Waals surface area contributed by atoms with E-state index in [0.717, 1.165) is 15.6 Å². The summed E-state index contributed by atoms with van der Waals surface area (Å²) < 4.78 is 12.1. The third kappa shape index (κ3) is 5.30. The Labute approximate surface area is 142 Å². The third-order valence-electron chi connectivity index (χ3n) is 2.88. The van der Waals surface area contributed by atoms with Gasteiger partial charge in [-0.2, -0.15) is 5.10 Å². The summed E-state index contributed by atoms with van der Waals surface area (Å²) >= 11 is 3.39. The van der Waals surface area contributed by atoms with Crippen LogP contribution in [0.3, 0.4) is 0 Å². The molecule has 0 unspecified atom stereocenters. The van der Waals surface area contributed by atoms with Gasteiger partial charge in [0.15, 0.2) is 11.5 Å². The predicted molar refractivity (Wildman–Crippen MR) is 91.8 cm³/mol. The Balaban J connectivity index is 2.10. The number of hydrogen-bond acceptors (Lipinski definition) is 4. The lowest BCUT2D eigenvalue weighted by atomic mass is 10.2. The zero-order chi connectivity index (χ0) is 16.7. The van der Waals surface area contributed by atoms with Crippen LogP contribution in [0.25, 0.3) is 0 Å². The van der Waals surface area contributed by atoms with Gasteiger partial charge in [0.1, 0.15) is 6.61 Å². The number of urea groups is 1. The number of halogens is 1. The molecule has 0 aliphatic rings. The van der Waals surface area contributed by atoms with Crippen molar-refractivity contribution in [1.29, 1.82) is 0 Å². The van der Waals surface area contributed by atoms with Gasteiger partial charge in [0.2, 0.25) is 0 Å². The average Bonchev–Trinajstić information content (AvgIpc) is 2.54. The van der Waals surface area contributed by atoms with Crippen LogP contribution in [0.5, 0.6) is 11.5 Å². The molecule has 0 aliphatic heterocycles. The van der Waals surface area contributed by atoms with Crippen LogP contribution < -0.4 is 20.6 Å². The van der Waals surface area contributed by atoms with Crippen molar-refractivity contribution in [3.8, 4) is 11.5 Å². The number of ether oxygens (including phenoxy) is 2. The lowest BCUT2D eigenvalue weighted by molar-refractivity contribution is 0.249. The molecule has 0 heterocycles. The monoisotopic (exact) mass is 377 g/mol. The number of nitrogens with two attached hydrogens (primary N) is 1. The van der Waals surface area contributed by atoms with E-state index in [1.54, 1.807) is 25.3 Å². The van der Waals surface area contributed by atoms with Crippen molar-refractivity contribution in [1.82, 2.24) is 5.43 Å². The summed E-state index contributed by atoms with van der Waals surface area (Å²) in [4.78, 5) is 10.6. The Morgan fingerprint density at radius 1 is 1.26 bits per heavy atom. The van der Waals surface area contributed by atoms with E-state index in [-0.39, 0.29) is 0 Å². The number of hydrogen-bond donors (Lipinski definition) is 2. The number of carbonyl (C=O) groups excluding carboxylic acids is 1. The van der Waals surface area contributed by atoms with Crippen LogP contribution in [0.15, 0.2) is 52.0 Å². The van der Waals surface area contributed by atoms with Crippen LogP contribution >= 0.6 is 15.9 Å². The highest BCUT2D eigenvalue weighted by molar-refractivity contribution is 9.10. The highest BCUT2D eigenvalue weighted by atomic mass is 79.9. The first-order chi connectivity index (χ1) is 11.1. The second-order valence-electron chi connectivity index (χ2n) is 4.56. The van der Waals surface area contributed by atoms with Gasteiger partial charge in [-0.25, -0.2) is 10.2 Å². The van der Waals surface area contributed by atoms with E-state index in [1.165, 1.54) is 6.21 Å². The molecule has 0 radical (unpaired) electrons. The van der Waals surface area contributed by atoms with Crippen LogP contribution in [-0.2, 0) is 6.61 Å². The number of methoxy groups -OCH3 is 1. The smallest absolute Gasteiger partial charge is 0.332 e. The number of rotatable bonds is 6. The lowest BCUT2D eigenvalue weighted by Gasteiger charge is -2.11. The van der Waals surface area contributed by atoms with E-state index >= 15 is 0 Å². The molecule has 0 spiro atoms. The van der Waals surface area contributed by atoms with Gasteiger partial charge in [0.25, 0.3) is 0 Å². The predicted octanol–water partition coefficient (Wildman–Crippen LogP) is 3.04. The number of nitrogens with zero attached hydrogens (tertiary/aromatic N) is 1. The van der Waals surface area contributed by atoms with Crippen molar-refractivity contribution >= 4 is 28.2 Å². The van der Waals surface area contributed by atoms with E-state index in [0.29, 0.717) is 18.1 Å². The van der Waals surface area contributed by atoms with Gasteiger partial charge in [-0.3, -0.25) is 0 Å². The molecule has 0 aromatic heterocycles. The van der Waals surface area contributed by atoms with E-state index in [1.807, 2.05) is 24.3 Å². The molecule has 0 atom stereocenters. The van der Waals surface area contributed by atoms with Gasteiger partial charge in [0, 0.05) is 4.47 Å². The van der Waals surface area contributed by atoms with E-state index in [2.05, 4.69) is 26.5 Å². The summed E-state index contributed by atoms with van der Waals surface area (Å²) in [5.41, 5.74) is 8.85. The molecule has 2 aromatic carbocycles. The van der Waals surface area contributed by atoms with Crippen LogP contribution in [0.1, 0.15) is 11.1 Å². The molecule has 3 N–H and O–H groups in total. The first-order valence-corrected chi connectivity index (χ1v) is 7.51. The minimum Gasteiger partial charge on any atom is -0.493 e. The molecule has 0 aliphatic carbocycles. The van der Waals surface area contributed by atoms with Crippen molar-refractivity contribution in [3.05, 3.63) is 58.1 Å². The molecule has 6 nitrogen and oxygen atoms in total. The first kappa shape index (κ1) is 16.8. The maximum Gasteiger partial charge on any atom is 0.332 e. The quantitative estimate of drug-likeness (QED) is 0.599. The maximum absolute atomic E-state index is 10.6. The molecule has 2 rings (SSSR count). The van der Waals surface area contributed by atoms with Gasteiger partial charge in [-0.05, 0) is 41.5 Å². The zero-order valence-electron chi connectivity index (χ0n) is 12.5. The summed E-state index contributed by atoms with van der Waals surface area (Å²) in [6.07, 6.45) is 1.47. The fourth-order valence-corrected chi connectivity index (χ4v) is 2.06. The van der Waals surface area contributed by atoms with Crippen LogP contribution in [-0.4, -0.2) is 19.4 Å². The van der Waals surface area contributed by atoms with Gasteiger partial charge in [-0.1, -0.05) is 28.1 Å². The standard InChI is InChI=1S/C16H16BrN3O3/c1-22-14-7-4-12(9-19-20-16(18)21)8-15(14)23-10-11-2-5-13(17)6-3-11/h2-9H,10H2,1H3,(H3,18,20,21). The number of hydrazone groups is 1. The Morgan fingerprint density at radius 2 is 2.00 bits per heavy atom. The number of carbonyl (C=O) groups is 1. The van der Waals surface area contributed by atoms with Crippen molar-refractivity contribution in [2.45, 2.75) is 6.61 Å². The molecule has 0 saturated heterocycles. The van der Waals surface area contributed by atoms with Crippen LogP contribution in [0.4, 0.5) is 4.79 Å². The normalized spacial score (nSPS) is 10.5. The second kappa shape index (κ2) is 8.19. The molecule has 23 heavy (non-hydrogen) atoms. The fourth-order valence-electron chi connectivity index (χ4n) is 1.80. The first-order valence-electron chi connectivity index (χ1n) is 6.72. The summed E-state index contributed by atoms with van der Waals surface area (Å²) in [6, 6.07) is 12.4. The average molecular weight is 378 g/mol. The molecular weight excluding hydrogens is 362 g/mol. The summed E-state index contributed by atoms with van der Waals surface area (Å²) in [6.45, 7) is 0.407. The molecule has 2 amide bonds. The number of amides is 2. The molecule has 0 saturated carbocycles. The van der Waals surface area contributed by atoms with E-state index in [9.17, 15) is 4.79 Å². The molecule has 2 aromatic rings. The highest BCUT2D eigenvalue weighted by Gasteiger charge is 2.06. The Morgan fingerprint density at radius 3 is 2.65 bits per heavy atom. The number of benzene rings is 2. The van der Waals surface area contributed by atoms with Gasteiger partial charge < -0.3 is 15.2 Å². The topological polar surface area (TPSA) is 85.9 Å². The summed E-state index contributed by atoms with van der Waals surface area (Å²) in [7, 11) is 1.57. The zero-order valence-corrected chi connectivity index (χ0v) is 14.0. The van der Waals surface area contributed by atoms with Crippen molar-refractivity contribution in [3.63, 3.8) is 0 Å². The second-order valence-corrected chi connectivity index (χ2v) is 5.48. The molecule has 7 heteroatoms. The molecular formula is C16H16BrN3O3. The van der Waals surface area contributed by atoms with Crippen molar-refractivity contribution in [2.24, 2.45) is 10.8 Å². The van der Waals surface area contributed by atoms with Gasteiger partial charge in [0.05, 0.1) is 13.3 Å². The van der Waals surface area contributed by atoms with Crippen LogP contribution in [0.2, 0.25) is 0 Å². The molecule has 120 valence electrons. The van der Waals surface area contributed by atoms with E-state index < -0.39 is 6.03 Å². The highest BCUT2D eigenvalue weighted by Crippen LogP contribution is 2.28. The Hall–Kier alpha value is -2.54. The van der Waals surface area contributed by atoms with E-state index in [4.69, 9.17) is 15.2 Å². The Bertz CT molecular complexity index is 702. The SMILES string of the molecule is COc1ccc(C=NNC(N)=O)cc1OCc1ccc(Br)cc1. The lowest BCUT2D eigenvalue weighted by Crippen LogP contribution is -2.24. The molecule has 0 fully saturated rings. The summed E-state index contributed by atoms with van der Waals surface area (Å²) in [5, 5.41) is 3.71. The van der Waals surface area contributed by atoms with Gasteiger partial charge in [-0.15, -0.1) is 0 Å². The van der Waals surface area contributed by atoms with Crippen molar-refractivity contribution in [2.75, 3.05) is 7.11 Å².